The van der Waals surface area contributed by atoms with Crippen LogP contribution in [0.4, 0.5) is 15.2 Å². The lowest BCUT2D eigenvalue weighted by atomic mass is 10.3. The molecule has 0 fully saturated rings. The largest absolute Gasteiger partial charge is 0.328 e. The fourth-order valence-electron chi connectivity index (χ4n) is 0.962. The Hall–Kier alpha value is -0.530. The lowest BCUT2D eigenvalue weighted by molar-refractivity contribution is 0.631. The van der Waals surface area contributed by atoms with Crippen LogP contribution in [0.3, 0.4) is 0 Å². The van der Waals surface area contributed by atoms with Gasteiger partial charge in [0.25, 0.3) is 0 Å². The van der Waals surface area contributed by atoms with Crippen LogP contribution < -0.4 is 5.32 Å². The molecule has 0 spiro atoms. The molecule has 0 aliphatic rings. The van der Waals surface area contributed by atoms with Crippen LogP contribution in [-0.4, -0.2) is 10.2 Å². The van der Waals surface area contributed by atoms with Crippen LogP contribution in [0.2, 0.25) is 0 Å². The minimum absolute atomic E-state index is 0.337. The lowest BCUT2D eigenvalue weighted by Crippen LogP contribution is -1.92. The van der Waals surface area contributed by atoms with E-state index in [4.69, 9.17) is 0 Å². The van der Waals surface area contributed by atoms with Gasteiger partial charge in [0, 0.05) is 4.47 Å². The second kappa shape index (κ2) is 4.54. The van der Waals surface area contributed by atoms with E-state index in [0.717, 1.165) is 0 Å². The molecule has 0 aliphatic carbocycles. The third-order valence-electron chi connectivity index (χ3n) is 1.57. The van der Waals surface area contributed by atoms with E-state index in [9.17, 15) is 4.39 Å². The number of benzene rings is 1. The van der Waals surface area contributed by atoms with Crippen molar-refractivity contribution < 1.29 is 4.39 Å². The predicted octanol–water partition coefficient (Wildman–Crippen LogP) is 3.95. The van der Waals surface area contributed by atoms with Gasteiger partial charge in [0.15, 0.2) is 3.92 Å². The summed E-state index contributed by atoms with van der Waals surface area (Å²) in [7, 11) is 0. The number of nitrogens with zero attached hydrogens (tertiary/aromatic N) is 2. The van der Waals surface area contributed by atoms with E-state index in [1.165, 1.54) is 17.4 Å². The molecule has 1 heterocycles. The summed E-state index contributed by atoms with van der Waals surface area (Å²) in [6.07, 6.45) is 0. The summed E-state index contributed by atoms with van der Waals surface area (Å²) in [6, 6.07) is 4.77. The summed E-state index contributed by atoms with van der Waals surface area (Å²) in [6.45, 7) is 0. The Balaban J connectivity index is 2.24. The summed E-state index contributed by atoms with van der Waals surface area (Å²) in [5, 5.41) is 10.9. The lowest BCUT2D eigenvalue weighted by Gasteiger charge is -2.03. The zero-order valence-electron chi connectivity index (χ0n) is 7.17. The van der Waals surface area contributed by atoms with E-state index in [-0.39, 0.29) is 5.82 Å². The Morgan fingerprint density at radius 3 is 2.67 bits per heavy atom. The number of hydrogen-bond donors (Lipinski definition) is 1. The van der Waals surface area contributed by atoms with Crippen molar-refractivity contribution in [1.82, 2.24) is 10.2 Å². The second-order valence-corrected chi connectivity index (χ2v) is 5.78. The molecule has 0 amide bonds. The first-order chi connectivity index (χ1) is 7.15. The van der Waals surface area contributed by atoms with Crippen molar-refractivity contribution in [2.24, 2.45) is 0 Å². The SMILES string of the molecule is Fc1cc(Br)ccc1Nc1nnc(Br)s1. The molecular formula is C8H4Br2FN3S. The molecule has 7 heteroatoms. The Morgan fingerprint density at radius 1 is 1.27 bits per heavy atom. The van der Waals surface area contributed by atoms with Crippen molar-refractivity contribution >= 4 is 54.0 Å². The molecule has 0 radical (unpaired) electrons. The summed E-state index contributed by atoms with van der Waals surface area (Å²) in [5.41, 5.74) is 0.377. The van der Waals surface area contributed by atoms with Gasteiger partial charge in [-0.05, 0) is 34.1 Å². The number of anilines is 2. The molecule has 1 aromatic carbocycles. The molecule has 0 saturated carbocycles. The standard InChI is InChI=1S/C8H4Br2FN3S/c9-4-1-2-6(5(11)3-4)12-8-14-13-7(10)15-8/h1-3H,(H,12,14). The average molecular weight is 353 g/mol. The Bertz CT molecular complexity index is 488. The maximum absolute atomic E-state index is 13.4. The first-order valence-electron chi connectivity index (χ1n) is 3.86. The highest BCUT2D eigenvalue weighted by Gasteiger charge is 2.06. The van der Waals surface area contributed by atoms with E-state index in [1.54, 1.807) is 12.1 Å². The van der Waals surface area contributed by atoms with Gasteiger partial charge in [-0.3, -0.25) is 0 Å². The van der Waals surface area contributed by atoms with E-state index in [0.29, 0.717) is 19.2 Å². The molecule has 78 valence electrons. The number of nitrogens with one attached hydrogen (secondary N) is 1. The van der Waals surface area contributed by atoms with Crippen molar-refractivity contribution in [1.29, 1.82) is 0 Å². The number of aromatic nitrogens is 2. The van der Waals surface area contributed by atoms with Crippen molar-refractivity contribution in [3.05, 3.63) is 32.4 Å². The minimum Gasteiger partial charge on any atom is -0.328 e. The molecule has 2 rings (SSSR count). The molecule has 0 aliphatic heterocycles. The highest BCUT2D eigenvalue weighted by Crippen LogP contribution is 2.26. The van der Waals surface area contributed by atoms with Crippen LogP contribution in [0, 0.1) is 5.82 Å². The molecule has 0 unspecified atom stereocenters. The van der Waals surface area contributed by atoms with Crippen molar-refractivity contribution in [2.75, 3.05) is 5.32 Å². The van der Waals surface area contributed by atoms with Crippen LogP contribution in [0.25, 0.3) is 0 Å². The van der Waals surface area contributed by atoms with Gasteiger partial charge in [0.05, 0.1) is 5.69 Å². The first-order valence-corrected chi connectivity index (χ1v) is 6.26. The highest BCUT2D eigenvalue weighted by molar-refractivity contribution is 9.11. The van der Waals surface area contributed by atoms with E-state index in [2.05, 4.69) is 47.4 Å². The third-order valence-corrected chi connectivity index (χ3v) is 3.34. The Morgan fingerprint density at radius 2 is 2.07 bits per heavy atom. The van der Waals surface area contributed by atoms with Crippen LogP contribution >= 0.6 is 43.2 Å². The molecule has 0 saturated heterocycles. The molecule has 0 bridgehead atoms. The van der Waals surface area contributed by atoms with Crippen LogP contribution in [-0.2, 0) is 0 Å². The van der Waals surface area contributed by atoms with Gasteiger partial charge >= 0.3 is 0 Å². The molecule has 2 aromatic rings. The molecule has 0 atom stereocenters. The van der Waals surface area contributed by atoms with E-state index >= 15 is 0 Å². The Labute approximate surface area is 106 Å². The van der Waals surface area contributed by atoms with Gasteiger partial charge in [-0.1, -0.05) is 27.3 Å². The first kappa shape index (κ1) is 11.0. The molecule has 1 aromatic heterocycles. The van der Waals surface area contributed by atoms with E-state index < -0.39 is 0 Å². The average Bonchev–Trinajstić information content (AvgIpc) is 2.56. The summed E-state index contributed by atoms with van der Waals surface area (Å²) in [5.74, 6) is -0.337. The summed E-state index contributed by atoms with van der Waals surface area (Å²) in [4.78, 5) is 0. The molecular weight excluding hydrogens is 349 g/mol. The van der Waals surface area contributed by atoms with Crippen LogP contribution in [0.5, 0.6) is 0 Å². The zero-order chi connectivity index (χ0) is 10.8. The van der Waals surface area contributed by atoms with Gasteiger partial charge < -0.3 is 5.32 Å². The quantitative estimate of drug-likeness (QED) is 0.889. The van der Waals surface area contributed by atoms with E-state index in [1.807, 2.05) is 0 Å². The second-order valence-electron chi connectivity index (χ2n) is 2.61. The van der Waals surface area contributed by atoms with Crippen molar-refractivity contribution in [3.8, 4) is 0 Å². The summed E-state index contributed by atoms with van der Waals surface area (Å²) < 4.78 is 14.7. The van der Waals surface area contributed by atoms with Crippen molar-refractivity contribution in [3.63, 3.8) is 0 Å². The monoisotopic (exact) mass is 351 g/mol. The van der Waals surface area contributed by atoms with Crippen molar-refractivity contribution in [2.45, 2.75) is 0 Å². The van der Waals surface area contributed by atoms with Gasteiger partial charge in [0.1, 0.15) is 5.82 Å². The van der Waals surface area contributed by atoms with Gasteiger partial charge in [-0.2, -0.15) is 0 Å². The van der Waals surface area contributed by atoms with Crippen LogP contribution in [0.1, 0.15) is 0 Å². The van der Waals surface area contributed by atoms with Gasteiger partial charge in [-0.15, -0.1) is 10.2 Å². The zero-order valence-corrected chi connectivity index (χ0v) is 11.2. The fourth-order valence-corrected chi connectivity index (χ4v) is 2.32. The number of hydrogen-bond acceptors (Lipinski definition) is 4. The normalized spacial score (nSPS) is 10.3. The fraction of sp³-hybridized carbons (Fsp3) is 0. The third kappa shape index (κ3) is 2.73. The van der Waals surface area contributed by atoms with Crippen LogP contribution in [0.15, 0.2) is 26.6 Å². The number of rotatable bonds is 2. The maximum atomic E-state index is 13.4. The maximum Gasteiger partial charge on any atom is 0.210 e. The molecule has 15 heavy (non-hydrogen) atoms. The predicted molar refractivity (Wildman–Crippen MR) is 65.0 cm³/mol. The molecule has 3 nitrogen and oxygen atoms in total. The topological polar surface area (TPSA) is 37.8 Å². The van der Waals surface area contributed by atoms with Gasteiger partial charge in [0.2, 0.25) is 5.13 Å². The van der Waals surface area contributed by atoms with Gasteiger partial charge in [-0.25, -0.2) is 4.39 Å². The smallest absolute Gasteiger partial charge is 0.210 e. The Kier molecular flexibility index (Phi) is 3.32. The highest BCUT2D eigenvalue weighted by atomic mass is 79.9. The number of halogens is 3. The molecule has 1 N–H and O–H groups in total. The summed E-state index contributed by atoms with van der Waals surface area (Å²) >= 11 is 7.66. The minimum atomic E-state index is -0.337.